The number of hydrogen-bond donors (Lipinski definition) is 1. The van der Waals surface area contributed by atoms with Crippen LogP contribution in [-0.2, 0) is 6.18 Å². The first kappa shape index (κ1) is 15.7. The lowest BCUT2D eigenvalue weighted by Gasteiger charge is -2.08. The van der Waals surface area contributed by atoms with Crippen LogP contribution in [0.5, 0.6) is 0 Å². The molecule has 0 unspecified atom stereocenters. The predicted octanol–water partition coefficient (Wildman–Crippen LogP) is 4.16. The van der Waals surface area contributed by atoms with E-state index in [-0.39, 0.29) is 16.4 Å². The minimum absolute atomic E-state index is 0.0180. The SMILES string of the molecule is O=C(Nc1ccc(C(F)(F)F)nc1)c1cc(Br)cnc1Cl. The predicted molar refractivity (Wildman–Crippen MR) is 74.1 cm³/mol. The fourth-order valence-electron chi connectivity index (χ4n) is 1.42. The molecule has 2 aromatic heterocycles. The number of rotatable bonds is 2. The van der Waals surface area contributed by atoms with Gasteiger partial charge in [0, 0.05) is 10.7 Å². The zero-order valence-electron chi connectivity index (χ0n) is 10.1. The maximum atomic E-state index is 12.4. The van der Waals surface area contributed by atoms with Crippen LogP contribution in [0.15, 0.2) is 35.1 Å². The highest BCUT2D eigenvalue weighted by Gasteiger charge is 2.32. The van der Waals surface area contributed by atoms with Crippen LogP contribution in [0.3, 0.4) is 0 Å². The number of carbonyl (C=O) groups excluding carboxylic acids is 1. The van der Waals surface area contributed by atoms with Gasteiger partial charge in [0.1, 0.15) is 10.8 Å². The van der Waals surface area contributed by atoms with Crippen molar-refractivity contribution in [1.82, 2.24) is 9.97 Å². The highest BCUT2D eigenvalue weighted by Crippen LogP contribution is 2.28. The number of hydrogen-bond acceptors (Lipinski definition) is 3. The quantitative estimate of drug-likeness (QED) is 0.796. The second-order valence-corrected chi connectivity index (χ2v) is 5.15. The number of carbonyl (C=O) groups is 1. The zero-order valence-corrected chi connectivity index (χ0v) is 12.4. The van der Waals surface area contributed by atoms with Crippen LogP contribution in [0, 0.1) is 0 Å². The summed E-state index contributed by atoms with van der Waals surface area (Å²) in [5.74, 6) is -0.602. The van der Waals surface area contributed by atoms with Gasteiger partial charge in [0.25, 0.3) is 5.91 Å². The van der Waals surface area contributed by atoms with Crippen LogP contribution in [0.2, 0.25) is 5.15 Å². The lowest BCUT2D eigenvalue weighted by atomic mass is 10.2. The number of anilines is 1. The Morgan fingerprint density at radius 1 is 1.24 bits per heavy atom. The van der Waals surface area contributed by atoms with E-state index >= 15 is 0 Å². The number of pyridine rings is 2. The zero-order chi connectivity index (χ0) is 15.6. The normalized spacial score (nSPS) is 11.3. The van der Waals surface area contributed by atoms with Gasteiger partial charge in [-0.05, 0) is 34.1 Å². The fraction of sp³-hybridized carbons (Fsp3) is 0.0833. The van der Waals surface area contributed by atoms with Crippen molar-refractivity contribution in [3.05, 3.63) is 51.5 Å². The maximum Gasteiger partial charge on any atom is 0.433 e. The molecule has 0 atom stereocenters. The van der Waals surface area contributed by atoms with Crippen molar-refractivity contribution in [2.75, 3.05) is 5.32 Å². The summed E-state index contributed by atoms with van der Waals surface area (Å²) in [6.07, 6.45) is -2.20. The van der Waals surface area contributed by atoms with E-state index in [1.165, 1.54) is 12.3 Å². The molecule has 0 spiro atoms. The third kappa shape index (κ3) is 3.92. The molecular weight excluding hydrogens is 375 g/mol. The summed E-state index contributed by atoms with van der Waals surface area (Å²) in [7, 11) is 0. The smallest absolute Gasteiger partial charge is 0.320 e. The lowest BCUT2D eigenvalue weighted by Crippen LogP contribution is -2.14. The van der Waals surface area contributed by atoms with Crippen molar-refractivity contribution in [3.8, 4) is 0 Å². The van der Waals surface area contributed by atoms with Gasteiger partial charge >= 0.3 is 6.18 Å². The van der Waals surface area contributed by atoms with Crippen LogP contribution in [0.4, 0.5) is 18.9 Å². The molecule has 0 radical (unpaired) electrons. The summed E-state index contributed by atoms with van der Waals surface area (Å²) in [4.78, 5) is 19.0. The van der Waals surface area contributed by atoms with Gasteiger partial charge in [0.2, 0.25) is 0 Å². The summed E-state index contributed by atoms with van der Waals surface area (Å²) in [5, 5.41) is 2.37. The van der Waals surface area contributed by atoms with Gasteiger partial charge in [0.05, 0.1) is 17.4 Å². The second-order valence-electron chi connectivity index (χ2n) is 3.88. The Bertz CT molecular complexity index is 676. The number of amides is 1. The Hall–Kier alpha value is -1.67. The van der Waals surface area contributed by atoms with Gasteiger partial charge in [0.15, 0.2) is 0 Å². The first-order chi connectivity index (χ1) is 9.77. The highest BCUT2D eigenvalue weighted by atomic mass is 79.9. The lowest BCUT2D eigenvalue weighted by molar-refractivity contribution is -0.141. The Morgan fingerprint density at radius 2 is 1.95 bits per heavy atom. The Labute approximate surface area is 130 Å². The number of alkyl halides is 3. The van der Waals surface area contributed by atoms with Crippen LogP contribution in [0.25, 0.3) is 0 Å². The van der Waals surface area contributed by atoms with Crippen LogP contribution in [0.1, 0.15) is 16.1 Å². The largest absolute Gasteiger partial charge is 0.433 e. The fourth-order valence-corrected chi connectivity index (χ4v) is 1.94. The topological polar surface area (TPSA) is 54.9 Å². The summed E-state index contributed by atoms with van der Waals surface area (Å²) >= 11 is 8.93. The molecule has 0 aliphatic rings. The number of nitrogens with one attached hydrogen (secondary N) is 1. The molecule has 9 heteroatoms. The monoisotopic (exact) mass is 379 g/mol. The van der Waals surface area contributed by atoms with Crippen LogP contribution >= 0.6 is 27.5 Å². The third-order valence-electron chi connectivity index (χ3n) is 2.36. The molecule has 0 fully saturated rings. The molecule has 0 saturated heterocycles. The summed E-state index contributed by atoms with van der Waals surface area (Å²) < 4.78 is 37.6. The van der Waals surface area contributed by atoms with Crippen LogP contribution in [-0.4, -0.2) is 15.9 Å². The maximum absolute atomic E-state index is 12.4. The third-order valence-corrected chi connectivity index (χ3v) is 3.10. The minimum Gasteiger partial charge on any atom is -0.320 e. The molecule has 21 heavy (non-hydrogen) atoms. The van der Waals surface area contributed by atoms with Crippen molar-refractivity contribution in [2.24, 2.45) is 0 Å². The van der Waals surface area contributed by atoms with Crippen molar-refractivity contribution in [2.45, 2.75) is 6.18 Å². The average Bonchev–Trinajstić information content (AvgIpc) is 2.41. The molecule has 0 bridgehead atoms. The first-order valence-electron chi connectivity index (χ1n) is 5.43. The summed E-state index contributed by atoms with van der Waals surface area (Å²) in [6.45, 7) is 0. The van der Waals surface area contributed by atoms with E-state index in [0.717, 1.165) is 18.3 Å². The standard InChI is InChI=1S/C12H6BrClF3N3O/c13-6-3-8(10(14)19-4-6)11(21)20-7-1-2-9(18-5-7)12(15,16)17/h1-5H,(H,20,21). The molecular formula is C12H6BrClF3N3O. The van der Waals surface area contributed by atoms with Gasteiger partial charge in [-0.15, -0.1) is 0 Å². The Morgan fingerprint density at radius 3 is 2.52 bits per heavy atom. The molecule has 2 heterocycles. The highest BCUT2D eigenvalue weighted by molar-refractivity contribution is 9.10. The molecule has 110 valence electrons. The summed E-state index contributed by atoms with van der Waals surface area (Å²) in [5.41, 5.74) is -0.836. The van der Waals surface area contributed by atoms with E-state index in [1.54, 1.807) is 0 Å². The molecule has 2 aromatic rings. The minimum atomic E-state index is -4.53. The van der Waals surface area contributed by atoms with Gasteiger partial charge in [-0.3, -0.25) is 4.79 Å². The number of nitrogens with zero attached hydrogens (tertiary/aromatic N) is 2. The van der Waals surface area contributed by atoms with Crippen molar-refractivity contribution in [3.63, 3.8) is 0 Å². The van der Waals surface area contributed by atoms with Gasteiger partial charge < -0.3 is 5.32 Å². The van der Waals surface area contributed by atoms with E-state index in [2.05, 4.69) is 31.2 Å². The van der Waals surface area contributed by atoms with Crippen molar-refractivity contribution < 1.29 is 18.0 Å². The first-order valence-corrected chi connectivity index (χ1v) is 6.60. The molecule has 4 nitrogen and oxygen atoms in total. The van der Waals surface area contributed by atoms with Gasteiger partial charge in [-0.2, -0.15) is 13.2 Å². The van der Waals surface area contributed by atoms with E-state index in [4.69, 9.17) is 11.6 Å². The average molecular weight is 381 g/mol. The number of aromatic nitrogens is 2. The molecule has 1 N–H and O–H groups in total. The second kappa shape index (κ2) is 5.98. The number of halogens is 5. The molecule has 2 rings (SSSR count). The van der Waals surface area contributed by atoms with E-state index < -0.39 is 17.8 Å². The van der Waals surface area contributed by atoms with E-state index in [9.17, 15) is 18.0 Å². The van der Waals surface area contributed by atoms with Crippen LogP contribution < -0.4 is 5.32 Å². The molecule has 1 amide bonds. The molecule has 0 aromatic carbocycles. The van der Waals surface area contributed by atoms with E-state index in [1.807, 2.05) is 0 Å². The molecule has 0 aliphatic carbocycles. The van der Waals surface area contributed by atoms with Gasteiger partial charge in [-0.25, -0.2) is 9.97 Å². The Balaban J connectivity index is 2.18. The van der Waals surface area contributed by atoms with Gasteiger partial charge in [-0.1, -0.05) is 11.6 Å². The molecule has 0 saturated carbocycles. The van der Waals surface area contributed by atoms with Crippen molar-refractivity contribution in [1.29, 1.82) is 0 Å². The Kier molecular flexibility index (Phi) is 4.48. The van der Waals surface area contributed by atoms with E-state index in [0.29, 0.717) is 4.47 Å². The van der Waals surface area contributed by atoms with Crippen molar-refractivity contribution >= 4 is 39.1 Å². The summed E-state index contributed by atoms with van der Waals surface area (Å²) in [6, 6.07) is 3.33. The molecule has 0 aliphatic heterocycles.